The van der Waals surface area contributed by atoms with E-state index < -0.39 is 31.9 Å². The van der Waals surface area contributed by atoms with Gasteiger partial charge in [-0.25, -0.2) is 22.0 Å². The standard InChI is InChI=1S/C25H24N4O7S3/c1-3-29(18-7-5-4-6-8-18)39(34,35)19-11-9-17(10-12-19)24(31)27-25-28(16-23(30)36-2)21-14-13-20(38(26,32)33)15-22(21)37-25/h4-15H,3,16H2,1-2H3,(H2,26,32,33). The Bertz CT molecular complexity index is 1830. The lowest BCUT2D eigenvalue weighted by atomic mass is 10.2. The summed E-state index contributed by atoms with van der Waals surface area (Å²) in [6, 6.07) is 18.1. The maximum absolute atomic E-state index is 13.2. The number of benzene rings is 3. The molecule has 0 atom stereocenters. The van der Waals surface area contributed by atoms with Gasteiger partial charge in [0.25, 0.3) is 15.9 Å². The van der Waals surface area contributed by atoms with Crippen LogP contribution in [0, 0.1) is 0 Å². The number of carbonyl (C=O) groups excluding carboxylic acids is 2. The molecule has 204 valence electrons. The van der Waals surface area contributed by atoms with Crippen molar-refractivity contribution in [2.24, 2.45) is 10.1 Å². The van der Waals surface area contributed by atoms with Crippen molar-refractivity contribution in [3.05, 3.63) is 83.2 Å². The van der Waals surface area contributed by atoms with E-state index in [0.29, 0.717) is 15.9 Å². The Kier molecular flexibility index (Phi) is 8.02. The molecule has 0 aliphatic heterocycles. The zero-order valence-corrected chi connectivity index (χ0v) is 23.3. The van der Waals surface area contributed by atoms with E-state index in [2.05, 4.69) is 4.99 Å². The summed E-state index contributed by atoms with van der Waals surface area (Å²) < 4.78 is 57.9. The minimum absolute atomic E-state index is 0.00268. The van der Waals surface area contributed by atoms with Gasteiger partial charge in [0.1, 0.15) is 6.54 Å². The Hall–Kier alpha value is -3.85. The molecule has 0 saturated heterocycles. The Morgan fingerprint density at radius 3 is 2.21 bits per heavy atom. The number of sulfonamides is 2. The fourth-order valence-corrected chi connectivity index (χ4v) is 6.95. The summed E-state index contributed by atoms with van der Waals surface area (Å²) in [5.41, 5.74) is 1.08. The van der Waals surface area contributed by atoms with Crippen LogP contribution in [0.5, 0.6) is 0 Å². The van der Waals surface area contributed by atoms with Gasteiger partial charge in [-0.05, 0) is 61.5 Å². The number of amides is 1. The third-order valence-electron chi connectivity index (χ3n) is 5.72. The van der Waals surface area contributed by atoms with E-state index in [1.54, 1.807) is 37.3 Å². The summed E-state index contributed by atoms with van der Waals surface area (Å²) in [7, 11) is -6.65. The van der Waals surface area contributed by atoms with E-state index in [9.17, 15) is 26.4 Å². The average molecular weight is 589 g/mol. The number of anilines is 1. The molecule has 3 aromatic carbocycles. The average Bonchev–Trinajstić information content (AvgIpc) is 3.24. The SMILES string of the molecule is CCN(c1ccccc1)S(=O)(=O)c1ccc(C(=O)N=c2sc3cc(S(N)(=O)=O)ccc3n2CC(=O)OC)cc1. The van der Waals surface area contributed by atoms with Crippen LogP contribution in [-0.4, -0.2) is 46.9 Å². The van der Waals surface area contributed by atoms with Gasteiger partial charge in [0.2, 0.25) is 10.0 Å². The van der Waals surface area contributed by atoms with Gasteiger partial charge in [-0.1, -0.05) is 29.5 Å². The number of primary sulfonamides is 1. The summed E-state index contributed by atoms with van der Waals surface area (Å²) in [6.07, 6.45) is 0. The topological polar surface area (TPSA) is 158 Å². The number of para-hydroxylation sites is 1. The van der Waals surface area contributed by atoms with Crippen LogP contribution in [0.1, 0.15) is 17.3 Å². The van der Waals surface area contributed by atoms with Gasteiger partial charge < -0.3 is 9.30 Å². The minimum atomic E-state index is -3.98. The number of aromatic nitrogens is 1. The molecule has 0 saturated carbocycles. The quantitative estimate of drug-likeness (QED) is 0.310. The summed E-state index contributed by atoms with van der Waals surface area (Å²) in [6.45, 7) is 1.66. The largest absolute Gasteiger partial charge is 0.468 e. The first kappa shape index (κ1) is 28.2. The van der Waals surface area contributed by atoms with Crippen LogP contribution in [0.15, 0.2) is 87.6 Å². The molecule has 0 unspecified atom stereocenters. The molecule has 0 radical (unpaired) electrons. The molecule has 39 heavy (non-hydrogen) atoms. The molecule has 11 nitrogen and oxygen atoms in total. The highest BCUT2D eigenvalue weighted by atomic mass is 32.2. The van der Waals surface area contributed by atoms with Gasteiger partial charge in [-0.3, -0.25) is 13.9 Å². The van der Waals surface area contributed by atoms with Crippen molar-refractivity contribution in [3.63, 3.8) is 0 Å². The van der Waals surface area contributed by atoms with Crippen molar-refractivity contribution in [2.45, 2.75) is 23.3 Å². The van der Waals surface area contributed by atoms with Gasteiger partial charge in [-0.2, -0.15) is 4.99 Å². The van der Waals surface area contributed by atoms with Crippen molar-refractivity contribution in [3.8, 4) is 0 Å². The molecule has 0 aliphatic carbocycles. The van der Waals surface area contributed by atoms with E-state index in [1.807, 2.05) is 0 Å². The summed E-state index contributed by atoms with van der Waals surface area (Å²) in [5, 5.41) is 5.23. The summed E-state index contributed by atoms with van der Waals surface area (Å²) in [5.74, 6) is -1.29. The molecule has 1 amide bonds. The Balaban J connectivity index is 1.72. The maximum Gasteiger partial charge on any atom is 0.325 e. The van der Waals surface area contributed by atoms with E-state index in [-0.39, 0.29) is 33.2 Å². The van der Waals surface area contributed by atoms with Crippen LogP contribution in [0.25, 0.3) is 10.2 Å². The number of rotatable bonds is 8. The fourth-order valence-electron chi connectivity index (χ4n) is 3.80. The lowest BCUT2D eigenvalue weighted by Crippen LogP contribution is -2.30. The number of methoxy groups -OCH3 is 1. The van der Waals surface area contributed by atoms with Gasteiger partial charge in [0, 0.05) is 12.1 Å². The highest BCUT2D eigenvalue weighted by Gasteiger charge is 2.24. The van der Waals surface area contributed by atoms with Gasteiger partial charge >= 0.3 is 5.97 Å². The molecule has 1 heterocycles. The molecule has 0 spiro atoms. The molecule has 0 bridgehead atoms. The number of nitrogens with two attached hydrogens (primary N) is 1. The van der Waals surface area contributed by atoms with E-state index >= 15 is 0 Å². The molecular weight excluding hydrogens is 564 g/mol. The number of fused-ring (bicyclic) bond motifs is 1. The van der Waals surface area contributed by atoms with Crippen molar-refractivity contribution >= 4 is 59.2 Å². The number of ether oxygens (including phenoxy) is 1. The van der Waals surface area contributed by atoms with Gasteiger partial charge in [0.15, 0.2) is 4.80 Å². The Morgan fingerprint density at radius 2 is 1.62 bits per heavy atom. The second-order valence-electron chi connectivity index (χ2n) is 8.17. The smallest absolute Gasteiger partial charge is 0.325 e. The minimum Gasteiger partial charge on any atom is -0.468 e. The molecule has 1 aromatic heterocycles. The monoisotopic (exact) mass is 588 g/mol. The second-order valence-corrected chi connectivity index (χ2v) is 12.6. The number of carbonyl (C=O) groups is 2. The van der Waals surface area contributed by atoms with Crippen molar-refractivity contribution in [2.75, 3.05) is 18.0 Å². The number of nitrogens with zero attached hydrogens (tertiary/aromatic N) is 3. The van der Waals surface area contributed by atoms with Crippen LogP contribution in [-0.2, 0) is 36.1 Å². The van der Waals surface area contributed by atoms with Crippen LogP contribution in [0.4, 0.5) is 5.69 Å². The Morgan fingerprint density at radius 1 is 0.974 bits per heavy atom. The predicted octanol–water partition coefficient (Wildman–Crippen LogP) is 2.48. The first-order valence-corrected chi connectivity index (χ1v) is 15.3. The van der Waals surface area contributed by atoms with Gasteiger partial charge in [-0.15, -0.1) is 0 Å². The maximum atomic E-state index is 13.2. The van der Waals surface area contributed by atoms with E-state index in [4.69, 9.17) is 9.88 Å². The molecule has 4 aromatic rings. The number of hydrogen-bond acceptors (Lipinski definition) is 8. The highest BCUT2D eigenvalue weighted by molar-refractivity contribution is 7.92. The van der Waals surface area contributed by atoms with E-state index in [1.165, 1.54) is 58.4 Å². The zero-order valence-electron chi connectivity index (χ0n) is 20.8. The number of thiazole rings is 1. The van der Waals surface area contributed by atoms with Gasteiger partial charge in [0.05, 0.1) is 32.8 Å². The molecule has 2 N–H and O–H groups in total. The summed E-state index contributed by atoms with van der Waals surface area (Å²) >= 11 is 0.987. The van der Waals surface area contributed by atoms with E-state index in [0.717, 1.165) is 11.3 Å². The zero-order chi connectivity index (χ0) is 28.4. The number of esters is 1. The lowest BCUT2D eigenvalue weighted by molar-refractivity contribution is -0.141. The van der Waals surface area contributed by atoms with Crippen molar-refractivity contribution in [1.29, 1.82) is 0 Å². The first-order chi connectivity index (χ1) is 18.5. The molecule has 0 fully saturated rings. The summed E-state index contributed by atoms with van der Waals surface area (Å²) in [4.78, 5) is 29.2. The van der Waals surface area contributed by atoms with Crippen LogP contribution < -0.4 is 14.2 Å². The third kappa shape index (κ3) is 5.93. The lowest BCUT2D eigenvalue weighted by Gasteiger charge is -2.22. The van der Waals surface area contributed by atoms with Crippen LogP contribution in [0.2, 0.25) is 0 Å². The first-order valence-electron chi connectivity index (χ1n) is 11.5. The molecular formula is C25H24N4O7S3. The third-order valence-corrected chi connectivity index (χ3v) is 9.58. The van der Waals surface area contributed by atoms with Crippen molar-refractivity contribution in [1.82, 2.24) is 4.57 Å². The van der Waals surface area contributed by atoms with Crippen molar-refractivity contribution < 1.29 is 31.2 Å². The molecule has 0 aliphatic rings. The van der Waals surface area contributed by atoms with Crippen LogP contribution >= 0.6 is 11.3 Å². The molecule has 14 heteroatoms. The number of hydrogen-bond donors (Lipinski definition) is 1. The second kappa shape index (κ2) is 11.1. The molecule has 4 rings (SSSR count). The Labute approximate surface area is 228 Å². The highest BCUT2D eigenvalue weighted by Crippen LogP contribution is 2.24. The van der Waals surface area contributed by atoms with Crippen LogP contribution in [0.3, 0.4) is 0 Å². The predicted molar refractivity (Wildman–Crippen MR) is 146 cm³/mol. The normalized spacial score (nSPS) is 12.4. The fraction of sp³-hybridized carbons (Fsp3) is 0.160.